The molecule has 2 aromatic rings. The summed E-state index contributed by atoms with van der Waals surface area (Å²) in [4.78, 5) is 12.8. The van der Waals surface area contributed by atoms with E-state index < -0.39 is 0 Å². The van der Waals surface area contributed by atoms with Gasteiger partial charge in [-0.05, 0) is 55.3 Å². The van der Waals surface area contributed by atoms with Gasteiger partial charge in [0.1, 0.15) is 5.82 Å². The molecule has 1 aromatic heterocycles. The lowest BCUT2D eigenvalue weighted by Crippen LogP contribution is -2.41. The molecule has 0 bridgehead atoms. The highest BCUT2D eigenvalue weighted by atomic mass is 32.1. The number of amides is 2. The third kappa shape index (κ3) is 3.10. The van der Waals surface area contributed by atoms with Gasteiger partial charge in [0.05, 0.1) is 6.54 Å². The predicted octanol–water partition coefficient (Wildman–Crippen LogP) is 3.64. The monoisotopic (exact) mass is 292 g/mol. The zero-order valence-corrected chi connectivity index (χ0v) is 12.1. The molecule has 1 aromatic carbocycles. The number of benzene rings is 1. The van der Waals surface area contributed by atoms with E-state index in [1.165, 1.54) is 25.0 Å². The van der Waals surface area contributed by atoms with Crippen LogP contribution in [0.1, 0.15) is 24.6 Å². The molecule has 3 nitrogen and oxygen atoms in total. The average Bonchev–Trinajstić information content (AvgIpc) is 3.17. The summed E-state index contributed by atoms with van der Waals surface area (Å²) < 4.78 is 14.1. The number of hydrogen-bond donors (Lipinski definition) is 2. The maximum atomic E-state index is 13.1. The molecule has 1 aliphatic rings. The highest BCUT2D eigenvalue weighted by Crippen LogP contribution is 2.32. The van der Waals surface area contributed by atoms with E-state index in [0.717, 1.165) is 15.0 Å². The van der Waals surface area contributed by atoms with E-state index in [1.807, 2.05) is 13.0 Å². The maximum absolute atomic E-state index is 13.1. The number of fused-ring (bicyclic) bond motifs is 1. The highest BCUT2D eigenvalue weighted by Gasteiger charge is 2.28. The molecule has 1 saturated carbocycles. The smallest absolute Gasteiger partial charge is 0.315 e. The summed E-state index contributed by atoms with van der Waals surface area (Å²) in [6.07, 6.45) is 2.42. The zero-order valence-electron chi connectivity index (χ0n) is 11.3. The summed E-state index contributed by atoms with van der Waals surface area (Å²) in [6.45, 7) is 2.52. The number of thiophene rings is 1. The van der Waals surface area contributed by atoms with Crippen molar-refractivity contribution in [3.05, 3.63) is 35.0 Å². The highest BCUT2D eigenvalue weighted by molar-refractivity contribution is 7.19. The lowest BCUT2D eigenvalue weighted by atomic mass is 10.2. The van der Waals surface area contributed by atoms with Crippen molar-refractivity contribution in [3.63, 3.8) is 0 Å². The van der Waals surface area contributed by atoms with Gasteiger partial charge < -0.3 is 10.6 Å². The Morgan fingerprint density at radius 1 is 1.45 bits per heavy atom. The second kappa shape index (κ2) is 5.40. The first kappa shape index (κ1) is 13.4. The molecular weight excluding hydrogens is 275 g/mol. The van der Waals surface area contributed by atoms with E-state index in [9.17, 15) is 9.18 Å². The molecule has 1 unspecified atom stereocenters. The molecule has 20 heavy (non-hydrogen) atoms. The number of rotatable bonds is 4. The minimum atomic E-state index is -0.231. The van der Waals surface area contributed by atoms with Crippen molar-refractivity contribution >= 4 is 27.5 Å². The zero-order chi connectivity index (χ0) is 14.1. The summed E-state index contributed by atoms with van der Waals surface area (Å²) in [5, 5.41) is 6.69. The van der Waals surface area contributed by atoms with Gasteiger partial charge in [-0.1, -0.05) is 0 Å². The predicted molar refractivity (Wildman–Crippen MR) is 79.3 cm³/mol. The summed E-state index contributed by atoms with van der Waals surface area (Å²) in [5.74, 6) is 0.416. The molecule has 1 heterocycles. The first-order valence-corrected chi connectivity index (χ1v) is 7.66. The van der Waals surface area contributed by atoms with Crippen LogP contribution >= 0.6 is 11.3 Å². The fourth-order valence-electron chi connectivity index (χ4n) is 2.30. The second-order valence-corrected chi connectivity index (χ2v) is 6.52. The third-order valence-corrected chi connectivity index (χ3v) is 4.76. The largest absolute Gasteiger partial charge is 0.335 e. The van der Waals surface area contributed by atoms with Gasteiger partial charge >= 0.3 is 6.03 Å². The standard InChI is InChI=1S/C15H17FN2OS/c1-9(10-2-3-10)18-15(19)17-8-13-7-11-6-12(16)4-5-14(11)20-13/h4-7,9-10H,2-3,8H2,1H3,(H2,17,18,19). The van der Waals surface area contributed by atoms with E-state index in [0.29, 0.717) is 12.5 Å². The number of carbonyl (C=O) groups excluding carboxylic acids is 1. The van der Waals surface area contributed by atoms with Gasteiger partial charge in [0.15, 0.2) is 0 Å². The number of nitrogens with one attached hydrogen (secondary N) is 2. The van der Waals surface area contributed by atoms with Crippen LogP contribution in [0.25, 0.3) is 10.1 Å². The fraction of sp³-hybridized carbons (Fsp3) is 0.400. The van der Waals surface area contributed by atoms with E-state index in [4.69, 9.17) is 0 Å². The summed E-state index contributed by atoms with van der Waals surface area (Å²) >= 11 is 1.58. The van der Waals surface area contributed by atoms with Crippen molar-refractivity contribution < 1.29 is 9.18 Å². The number of carbonyl (C=O) groups is 1. The van der Waals surface area contributed by atoms with Crippen LogP contribution in [0, 0.1) is 11.7 Å². The molecule has 3 rings (SSSR count). The Kier molecular flexibility index (Phi) is 3.61. The van der Waals surface area contributed by atoms with Crippen molar-refractivity contribution in [1.82, 2.24) is 10.6 Å². The molecular formula is C15H17FN2OS. The number of halogens is 1. The van der Waals surface area contributed by atoms with E-state index >= 15 is 0 Å². The van der Waals surface area contributed by atoms with Crippen molar-refractivity contribution in [3.8, 4) is 0 Å². The van der Waals surface area contributed by atoms with E-state index in [1.54, 1.807) is 17.4 Å². The van der Waals surface area contributed by atoms with Crippen LogP contribution in [0.4, 0.5) is 9.18 Å². The number of hydrogen-bond acceptors (Lipinski definition) is 2. The first-order chi connectivity index (χ1) is 9.61. The summed E-state index contributed by atoms with van der Waals surface area (Å²) in [7, 11) is 0. The van der Waals surface area contributed by atoms with Gasteiger partial charge in [0.25, 0.3) is 0 Å². The SMILES string of the molecule is CC(NC(=O)NCc1cc2cc(F)ccc2s1)C1CC1. The molecule has 2 N–H and O–H groups in total. The Morgan fingerprint density at radius 2 is 2.25 bits per heavy atom. The molecule has 0 saturated heterocycles. The van der Waals surface area contributed by atoms with Gasteiger partial charge in [-0.25, -0.2) is 9.18 Å². The van der Waals surface area contributed by atoms with Gasteiger partial charge in [0.2, 0.25) is 0 Å². The molecule has 0 spiro atoms. The molecule has 0 aliphatic heterocycles. The van der Waals surface area contributed by atoms with Crippen LogP contribution in [-0.4, -0.2) is 12.1 Å². The van der Waals surface area contributed by atoms with E-state index in [-0.39, 0.29) is 17.9 Å². The molecule has 5 heteroatoms. The minimum absolute atomic E-state index is 0.131. The Bertz CT molecular complexity index is 636. The normalized spacial score (nSPS) is 16.1. The van der Waals surface area contributed by atoms with Crippen LogP contribution < -0.4 is 10.6 Å². The van der Waals surface area contributed by atoms with Crippen molar-refractivity contribution in [2.24, 2.45) is 5.92 Å². The topological polar surface area (TPSA) is 41.1 Å². The minimum Gasteiger partial charge on any atom is -0.335 e. The second-order valence-electron chi connectivity index (χ2n) is 5.35. The van der Waals surface area contributed by atoms with Gasteiger partial charge in [-0.15, -0.1) is 11.3 Å². The van der Waals surface area contributed by atoms with Crippen LogP contribution in [0.2, 0.25) is 0 Å². The Morgan fingerprint density at radius 3 is 3.00 bits per heavy atom. The van der Waals surface area contributed by atoms with Crippen LogP contribution in [0.3, 0.4) is 0 Å². The van der Waals surface area contributed by atoms with Gasteiger partial charge in [0, 0.05) is 15.6 Å². The van der Waals surface area contributed by atoms with Crippen molar-refractivity contribution in [1.29, 1.82) is 0 Å². The first-order valence-electron chi connectivity index (χ1n) is 6.84. The molecule has 2 amide bonds. The molecule has 0 radical (unpaired) electrons. The molecule has 1 fully saturated rings. The van der Waals surface area contributed by atoms with Crippen LogP contribution in [0.5, 0.6) is 0 Å². The van der Waals surface area contributed by atoms with Crippen molar-refractivity contribution in [2.45, 2.75) is 32.4 Å². The lowest BCUT2D eigenvalue weighted by Gasteiger charge is -2.13. The molecule has 106 valence electrons. The maximum Gasteiger partial charge on any atom is 0.315 e. The number of urea groups is 1. The molecule has 1 atom stereocenters. The quantitative estimate of drug-likeness (QED) is 0.887. The molecule has 1 aliphatic carbocycles. The average molecular weight is 292 g/mol. The van der Waals surface area contributed by atoms with Crippen molar-refractivity contribution in [2.75, 3.05) is 0 Å². The Labute approximate surface area is 121 Å². The van der Waals surface area contributed by atoms with Gasteiger partial charge in [-0.3, -0.25) is 0 Å². The van der Waals surface area contributed by atoms with Crippen LogP contribution in [-0.2, 0) is 6.54 Å². The lowest BCUT2D eigenvalue weighted by molar-refractivity contribution is 0.236. The fourth-order valence-corrected chi connectivity index (χ4v) is 3.28. The Balaban J connectivity index is 1.57. The summed E-state index contributed by atoms with van der Waals surface area (Å²) in [5.41, 5.74) is 0. The van der Waals surface area contributed by atoms with Gasteiger partial charge in [-0.2, -0.15) is 0 Å². The van der Waals surface area contributed by atoms with E-state index in [2.05, 4.69) is 10.6 Å². The third-order valence-electron chi connectivity index (χ3n) is 3.64. The Hall–Kier alpha value is -1.62. The van der Waals surface area contributed by atoms with Crippen LogP contribution in [0.15, 0.2) is 24.3 Å². The summed E-state index contributed by atoms with van der Waals surface area (Å²) in [6, 6.07) is 6.78.